The molecule has 0 saturated heterocycles. The van der Waals surface area contributed by atoms with E-state index in [0.717, 1.165) is 11.3 Å². The maximum absolute atomic E-state index is 5.77. The monoisotopic (exact) mass is 345 g/mol. The Kier molecular flexibility index (Phi) is 6.38. The van der Waals surface area contributed by atoms with E-state index in [-0.39, 0.29) is 5.41 Å². The highest BCUT2D eigenvalue weighted by molar-refractivity contribution is 5.79. The van der Waals surface area contributed by atoms with E-state index in [4.69, 9.17) is 9.15 Å². The third kappa shape index (κ3) is 5.77. The molecule has 25 heavy (non-hydrogen) atoms. The summed E-state index contributed by atoms with van der Waals surface area (Å²) < 4.78 is 11.2. The van der Waals surface area contributed by atoms with Gasteiger partial charge in [-0.2, -0.15) is 0 Å². The molecule has 2 aromatic rings. The highest BCUT2D eigenvalue weighted by Gasteiger charge is 2.19. The Morgan fingerprint density at radius 1 is 1.24 bits per heavy atom. The van der Waals surface area contributed by atoms with Crippen molar-refractivity contribution in [1.82, 2.24) is 20.6 Å². The lowest BCUT2D eigenvalue weighted by Gasteiger charge is -2.13. The molecule has 7 heteroatoms. The van der Waals surface area contributed by atoms with Gasteiger partial charge in [-0.05, 0) is 18.6 Å². The highest BCUT2D eigenvalue weighted by Crippen LogP contribution is 2.22. The number of nitrogens with zero attached hydrogens (tertiary/aromatic N) is 3. The van der Waals surface area contributed by atoms with E-state index < -0.39 is 0 Å². The molecular formula is C18H27N5O2. The molecule has 0 saturated carbocycles. The normalized spacial score (nSPS) is 12.1. The van der Waals surface area contributed by atoms with Crippen LogP contribution in [0.5, 0.6) is 5.88 Å². The number of pyridine rings is 1. The van der Waals surface area contributed by atoms with Gasteiger partial charge in [-0.3, -0.25) is 4.99 Å². The maximum Gasteiger partial charge on any atom is 0.213 e. The van der Waals surface area contributed by atoms with E-state index in [9.17, 15) is 0 Å². The Hall–Kier alpha value is -2.57. The second-order valence-corrected chi connectivity index (χ2v) is 6.58. The highest BCUT2D eigenvalue weighted by atomic mass is 16.5. The van der Waals surface area contributed by atoms with Crippen LogP contribution in [0.3, 0.4) is 0 Å². The molecule has 136 valence electrons. The van der Waals surface area contributed by atoms with Gasteiger partial charge in [0, 0.05) is 31.3 Å². The van der Waals surface area contributed by atoms with Crippen molar-refractivity contribution in [2.24, 2.45) is 4.99 Å². The first kappa shape index (κ1) is 18.8. The van der Waals surface area contributed by atoms with Crippen molar-refractivity contribution in [3.8, 4) is 5.88 Å². The molecule has 7 nitrogen and oxygen atoms in total. The van der Waals surface area contributed by atoms with Crippen molar-refractivity contribution in [3.05, 3.63) is 41.7 Å². The van der Waals surface area contributed by atoms with Crippen molar-refractivity contribution in [2.45, 2.75) is 46.2 Å². The van der Waals surface area contributed by atoms with Crippen LogP contribution < -0.4 is 15.4 Å². The van der Waals surface area contributed by atoms with E-state index in [1.807, 2.05) is 19.1 Å². The minimum absolute atomic E-state index is 0.0508. The van der Waals surface area contributed by atoms with Gasteiger partial charge in [0.25, 0.3) is 0 Å². The third-order valence-corrected chi connectivity index (χ3v) is 3.47. The topological polar surface area (TPSA) is 84.6 Å². The zero-order valence-electron chi connectivity index (χ0n) is 15.6. The van der Waals surface area contributed by atoms with Crippen LogP contribution in [0.4, 0.5) is 0 Å². The average molecular weight is 345 g/mol. The van der Waals surface area contributed by atoms with Crippen LogP contribution in [0.25, 0.3) is 0 Å². The molecule has 0 radical (unpaired) electrons. The maximum atomic E-state index is 5.77. The molecule has 0 spiro atoms. The molecule has 0 aliphatic heterocycles. The number of guanidine groups is 1. The number of nitrogens with one attached hydrogen (secondary N) is 2. The van der Waals surface area contributed by atoms with E-state index in [1.54, 1.807) is 19.4 Å². The van der Waals surface area contributed by atoms with Gasteiger partial charge in [0.15, 0.2) is 5.96 Å². The Labute approximate surface area is 148 Å². The van der Waals surface area contributed by atoms with Crippen molar-refractivity contribution >= 4 is 5.96 Å². The van der Waals surface area contributed by atoms with Crippen LogP contribution >= 0.6 is 0 Å². The van der Waals surface area contributed by atoms with E-state index >= 15 is 0 Å². The van der Waals surface area contributed by atoms with Gasteiger partial charge in [0.05, 0.1) is 19.3 Å². The molecule has 2 aromatic heterocycles. The van der Waals surface area contributed by atoms with E-state index in [0.29, 0.717) is 37.4 Å². The van der Waals surface area contributed by atoms with E-state index in [2.05, 4.69) is 46.4 Å². The zero-order chi connectivity index (χ0) is 18.3. The molecule has 0 amide bonds. The predicted octanol–water partition coefficient (Wildman–Crippen LogP) is 2.63. The lowest BCUT2D eigenvalue weighted by atomic mass is 9.94. The summed E-state index contributed by atoms with van der Waals surface area (Å²) in [5, 5.41) is 6.44. The smallest absolute Gasteiger partial charge is 0.213 e. The standard InChI is InChI=1S/C18H27N5O2/c1-6-24-15-9-13(7-8-20-15)10-22-17(19-5)23-12-16-21-11-14(25-16)18(2,3)4/h7-9,11H,6,10,12H2,1-5H3,(H2,19,22,23). The number of hydrogen-bond donors (Lipinski definition) is 2. The van der Waals surface area contributed by atoms with Gasteiger partial charge in [-0.1, -0.05) is 20.8 Å². The molecule has 0 aliphatic rings. The number of aliphatic imine (C=N–C) groups is 1. The van der Waals surface area contributed by atoms with Gasteiger partial charge in [-0.15, -0.1) is 0 Å². The lowest BCUT2D eigenvalue weighted by molar-refractivity contribution is 0.326. The fourth-order valence-electron chi connectivity index (χ4n) is 2.09. The second kappa shape index (κ2) is 8.50. The van der Waals surface area contributed by atoms with Gasteiger partial charge in [0.1, 0.15) is 5.76 Å². The quantitative estimate of drug-likeness (QED) is 0.618. The molecule has 2 heterocycles. The summed E-state index contributed by atoms with van der Waals surface area (Å²) in [4.78, 5) is 12.7. The van der Waals surface area contributed by atoms with E-state index in [1.165, 1.54) is 0 Å². The molecule has 0 fully saturated rings. The summed E-state index contributed by atoms with van der Waals surface area (Å²) in [7, 11) is 1.73. The molecule has 0 unspecified atom stereocenters. The largest absolute Gasteiger partial charge is 0.478 e. The van der Waals surface area contributed by atoms with Crippen molar-refractivity contribution in [2.75, 3.05) is 13.7 Å². The molecule has 0 aromatic carbocycles. The molecular weight excluding hydrogens is 318 g/mol. The first-order valence-corrected chi connectivity index (χ1v) is 8.39. The first-order chi connectivity index (χ1) is 11.9. The summed E-state index contributed by atoms with van der Waals surface area (Å²) in [5.41, 5.74) is 1.01. The molecule has 0 aliphatic carbocycles. The number of hydrogen-bond acceptors (Lipinski definition) is 5. The van der Waals surface area contributed by atoms with Gasteiger partial charge >= 0.3 is 0 Å². The number of oxazole rings is 1. The van der Waals surface area contributed by atoms with Crippen LogP contribution in [-0.2, 0) is 18.5 Å². The molecule has 0 bridgehead atoms. The fraction of sp³-hybridized carbons (Fsp3) is 0.500. The van der Waals surface area contributed by atoms with Gasteiger partial charge < -0.3 is 19.8 Å². The summed E-state index contributed by atoms with van der Waals surface area (Å²) >= 11 is 0. The molecule has 0 atom stereocenters. The lowest BCUT2D eigenvalue weighted by Crippen LogP contribution is -2.36. The van der Waals surface area contributed by atoms with Gasteiger partial charge in [0.2, 0.25) is 11.8 Å². The third-order valence-electron chi connectivity index (χ3n) is 3.47. The van der Waals surface area contributed by atoms with Crippen molar-refractivity contribution < 1.29 is 9.15 Å². The van der Waals surface area contributed by atoms with Crippen LogP contribution in [0, 0.1) is 0 Å². The van der Waals surface area contributed by atoms with Crippen LogP contribution in [0.15, 0.2) is 33.9 Å². The molecule has 2 N–H and O–H groups in total. The van der Waals surface area contributed by atoms with Gasteiger partial charge in [-0.25, -0.2) is 9.97 Å². The Bertz CT molecular complexity index is 703. The minimum Gasteiger partial charge on any atom is -0.478 e. The predicted molar refractivity (Wildman–Crippen MR) is 97.6 cm³/mol. The number of ether oxygens (including phenoxy) is 1. The average Bonchev–Trinajstić information content (AvgIpc) is 3.05. The van der Waals surface area contributed by atoms with Crippen molar-refractivity contribution in [3.63, 3.8) is 0 Å². The van der Waals surface area contributed by atoms with Crippen LogP contribution in [0.1, 0.15) is 44.9 Å². The zero-order valence-corrected chi connectivity index (χ0v) is 15.6. The second-order valence-electron chi connectivity index (χ2n) is 6.58. The van der Waals surface area contributed by atoms with Crippen molar-refractivity contribution in [1.29, 1.82) is 0 Å². The van der Waals surface area contributed by atoms with Crippen LogP contribution in [0.2, 0.25) is 0 Å². The summed E-state index contributed by atoms with van der Waals surface area (Å²) in [6.07, 6.45) is 3.51. The Morgan fingerprint density at radius 2 is 2.00 bits per heavy atom. The summed E-state index contributed by atoms with van der Waals surface area (Å²) in [6, 6.07) is 3.85. The number of rotatable bonds is 6. The SMILES string of the molecule is CCOc1cc(CNC(=NC)NCc2ncc(C(C)(C)C)o2)ccn1. The Balaban J connectivity index is 1.87. The minimum atomic E-state index is -0.0508. The summed E-state index contributed by atoms with van der Waals surface area (Å²) in [5.74, 6) is 2.80. The van der Waals surface area contributed by atoms with Crippen LogP contribution in [-0.4, -0.2) is 29.6 Å². The number of aromatic nitrogens is 2. The molecule has 2 rings (SSSR count). The fourth-order valence-corrected chi connectivity index (χ4v) is 2.09. The Morgan fingerprint density at radius 3 is 2.64 bits per heavy atom. The summed E-state index contributed by atoms with van der Waals surface area (Å²) in [6.45, 7) is 9.90. The first-order valence-electron chi connectivity index (χ1n) is 8.39.